The van der Waals surface area contributed by atoms with Crippen molar-refractivity contribution in [2.45, 2.75) is 25.9 Å². The Kier molecular flexibility index (Phi) is 7.36. The predicted octanol–water partition coefficient (Wildman–Crippen LogP) is 4.50. The number of hydrogen-bond acceptors (Lipinski definition) is 8. The molecule has 0 atom stereocenters. The van der Waals surface area contributed by atoms with E-state index in [1.165, 1.54) is 12.5 Å². The molecule has 0 aromatic carbocycles. The molecule has 32 heavy (non-hydrogen) atoms. The Balaban J connectivity index is 1.61. The number of Topliss-reactive ketones (excluding diaryl/α,β-unsaturated/α-hetero) is 1. The molecule has 0 radical (unpaired) electrons. The monoisotopic (exact) mass is 484 g/mol. The van der Waals surface area contributed by atoms with Gasteiger partial charge in [0.1, 0.15) is 28.5 Å². The first-order valence-corrected chi connectivity index (χ1v) is 10.4. The third-order valence-corrected chi connectivity index (χ3v) is 5.41. The van der Waals surface area contributed by atoms with Crippen LogP contribution in [-0.2, 0) is 12.6 Å². The normalized spacial score (nSPS) is 11.3. The number of ketones is 1. The van der Waals surface area contributed by atoms with Gasteiger partial charge >= 0.3 is 6.18 Å². The Morgan fingerprint density at radius 1 is 1.09 bits per heavy atom. The zero-order valence-corrected chi connectivity index (χ0v) is 18.1. The lowest BCUT2D eigenvalue weighted by Crippen LogP contribution is -2.13. The standard InChI is InChI=1S/C19H16ClF3N6O2S/c1-2-24-15-6-12(27-9-28-15)13(30)3-4-17-26-8-14(32-17)18(31)29-16-5-10(19(21,22)23)11(20)7-25-16/h5-9H,2-4H2,1H3,(H,24,27,28)(H,25,29,31). The number of carbonyl (C=O) groups is 2. The van der Waals surface area contributed by atoms with E-state index in [4.69, 9.17) is 11.6 Å². The maximum atomic E-state index is 13.0. The minimum Gasteiger partial charge on any atom is -0.370 e. The smallest absolute Gasteiger partial charge is 0.370 e. The van der Waals surface area contributed by atoms with Gasteiger partial charge in [-0.05, 0) is 13.0 Å². The summed E-state index contributed by atoms with van der Waals surface area (Å²) >= 11 is 6.55. The zero-order valence-electron chi connectivity index (χ0n) is 16.5. The summed E-state index contributed by atoms with van der Waals surface area (Å²) in [5, 5.41) is 5.24. The summed E-state index contributed by atoms with van der Waals surface area (Å²) in [6.45, 7) is 2.55. The first kappa shape index (κ1) is 23.5. The number of carbonyl (C=O) groups excluding carboxylic acids is 2. The largest absolute Gasteiger partial charge is 0.418 e. The van der Waals surface area contributed by atoms with Gasteiger partial charge in [0.25, 0.3) is 5.91 Å². The molecule has 2 N–H and O–H groups in total. The summed E-state index contributed by atoms with van der Waals surface area (Å²) in [5.41, 5.74) is -0.838. The molecule has 0 aliphatic carbocycles. The fourth-order valence-corrected chi connectivity index (χ4v) is 3.59. The Bertz CT molecular complexity index is 1140. The van der Waals surface area contributed by atoms with E-state index in [1.54, 1.807) is 6.07 Å². The third kappa shape index (κ3) is 5.98. The summed E-state index contributed by atoms with van der Waals surface area (Å²) in [4.78, 5) is 40.6. The Labute approximate surface area is 189 Å². The van der Waals surface area contributed by atoms with E-state index in [9.17, 15) is 22.8 Å². The topological polar surface area (TPSA) is 110 Å². The van der Waals surface area contributed by atoms with Crippen LogP contribution >= 0.6 is 22.9 Å². The zero-order chi connectivity index (χ0) is 23.3. The minimum atomic E-state index is -4.68. The highest BCUT2D eigenvalue weighted by Gasteiger charge is 2.34. The SMILES string of the molecule is CCNc1cc(C(=O)CCc2ncc(C(=O)Nc3cc(C(F)(F)F)c(Cl)cn3)s2)ncn1. The second-order valence-corrected chi connectivity index (χ2v) is 7.88. The molecule has 0 bridgehead atoms. The molecule has 8 nitrogen and oxygen atoms in total. The molecule has 0 spiro atoms. The first-order chi connectivity index (χ1) is 15.2. The highest BCUT2D eigenvalue weighted by molar-refractivity contribution is 7.13. The van der Waals surface area contributed by atoms with Crippen LogP contribution in [0.25, 0.3) is 0 Å². The second-order valence-electron chi connectivity index (χ2n) is 6.36. The average Bonchev–Trinajstić information content (AvgIpc) is 3.22. The van der Waals surface area contributed by atoms with Crippen LogP contribution in [0.2, 0.25) is 5.02 Å². The van der Waals surface area contributed by atoms with Gasteiger partial charge in [0, 0.05) is 31.6 Å². The molecule has 13 heteroatoms. The summed E-state index contributed by atoms with van der Waals surface area (Å²) in [6.07, 6.45) is -0.890. The molecule has 3 aromatic rings. The molecule has 0 aliphatic rings. The summed E-state index contributed by atoms with van der Waals surface area (Å²) in [6, 6.07) is 2.21. The number of aromatic nitrogens is 4. The van der Waals surface area contributed by atoms with E-state index >= 15 is 0 Å². The van der Waals surface area contributed by atoms with Gasteiger partial charge in [-0.15, -0.1) is 11.3 Å². The molecule has 0 aliphatic heterocycles. The fourth-order valence-electron chi connectivity index (χ4n) is 2.57. The van der Waals surface area contributed by atoms with Crippen LogP contribution in [0.1, 0.15) is 44.1 Å². The van der Waals surface area contributed by atoms with Crippen LogP contribution in [0.15, 0.2) is 30.9 Å². The minimum absolute atomic E-state index is 0.116. The van der Waals surface area contributed by atoms with Crippen molar-refractivity contribution in [3.8, 4) is 0 Å². The van der Waals surface area contributed by atoms with E-state index < -0.39 is 22.7 Å². The summed E-state index contributed by atoms with van der Waals surface area (Å²) in [5.74, 6) is -0.632. The predicted molar refractivity (Wildman–Crippen MR) is 113 cm³/mol. The molecule has 0 saturated carbocycles. The van der Waals surface area contributed by atoms with Crippen LogP contribution in [0.4, 0.5) is 24.8 Å². The molecule has 168 valence electrons. The summed E-state index contributed by atoms with van der Waals surface area (Å²) < 4.78 is 38.9. The number of anilines is 2. The van der Waals surface area contributed by atoms with Gasteiger partial charge in [-0.3, -0.25) is 9.59 Å². The molecule has 3 aromatic heterocycles. The lowest BCUT2D eigenvalue weighted by molar-refractivity contribution is -0.137. The van der Waals surface area contributed by atoms with Crippen molar-refractivity contribution >= 4 is 46.3 Å². The molecular weight excluding hydrogens is 469 g/mol. The lowest BCUT2D eigenvalue weighted by atomic mass is 10.1. The van der Waals surface area contributed by atoms with Crippen LogP contribution in [0.5, 0.6) is 0 Å². The molecule has 3 rings (SSSR count). The van der Waals surface area contributed by atoms with Crippen LogP contribution < -0.4 is 10.6 Å². The first-order valence-electron chi connectivity index (χ1n) is 9.25. The average molecular weight is 485 g/mol. The van der Waals surface area contributed by atoms with Crippen molar-refractivity contribution in [3.05, 3.63) is 57.0 Å². The molecular formula is C19H16ClF3N6O2S. The molecule has 3 heterocycles. The van der Waals surface area contributed by atoms with Crippen molar-refractivity contribution in [1.82, 2.24) is 19.9 Å². The number of pyridine rings is 1. The summed E-state index contributed by atoms with van der Waals surface area (Å²) in [7, 11) is 0. The molecule has 1 amide bonds. The van der Waals surface area contributed by atoms with Crippen molar-refractivity contribution in [2.75, 3.05) is 17.2 Å². The number of amides is 1. The van der Waals surface area contributed by atoms with E-state index in [2.05, 4.69) is 30.6 Å². The maximum absolute atomic E-state index is 13.0. The van der Waals surface area contributed by atoms with Crippen LogP contribution in [0.3, 0.4) is 0 Å². The van der Waals surface area contributed by atoms with Gasteiger partial charge in [-0.2, -0.15) is 13.2 Å². The number of thiazole rings is 1. The van der Waals surface area contributed by atoms with Crippen molar-refractivity contribution < 1.29 is 22.8 Å². The Morgan fingerprint density at radius 2 is 1.88 bits per heavy atom. The van der Waals surface area contributed by atoms with Gasteiger partial charge in [0.15, 0.2) is 5.78 Å². The third-order valence-electron chi connectivity index (χ3n) is 4.06. The molecule has 0 unspecified atom stereocenters. The van der Waals surface area contributed by atoms with E-state index in [1.807, 2.05) is 6.92 Å². The number of aryl methyl sites for hydroxylation is 1. The number of halogens is 4. The van der Waals surface area contributed by atoms with Gasteiger partial charge in [0.2, 0.25) is 0 Å². The van der Waals surface area contributed by atoms with Crippen LogP contribution in [0, 0.1) is 0 Å². The highest BCUT2D eigenvalue weighted by atomic mass is 35.5. The quantitative estimate of drug-likeness (QED) is 0.453. The Morgan fingerprint density at radius 3 is 2.59 bits per heavy atom. The highest BCUT2D eigenvalue weighted by Crippen LogP contribution is 2.35. The molecule has 0 fully saturated rings. The fraction of sp³-hybridized carbons (Fsp3) is 0.263. The van der Waals surface area contributed by atoms with Crippen molar-refractivity contribution in [2.24, 2.45) is 0 Å². The van der Waals surface area contributed by atoms with E-state index in [-0.39, 0.29) is 35.0 Å². The number of nitrogens with zero attached hydrogens (tertiary/aromatic N) is 4. The van der Waals surface area contributed by atoms with E-state index in [0.29, 0.717) is 23.4 Å². The lowest BCUT2D eigenvalue weighted by Gasteiger charge is -2.10. The van der Waals surface area contributed by atoms with Crippen molar-refractivity contribution in [1.29, 1.82) is 0 Å². The Hall–Kier alpha value is -3.12. The van der Waals surface area contributed by atoms with E-state index in [0.717, 1.165) is 17.5 Å². The van der Waals surface area contributed by atoms with Gasteiger partial charge < -0.3 is 10.6 Å². The number of alkyl halides is 3. The van der Waals surface area contributed by atoms with Crippen molar-refractivity contribution in [3.63, 3.8) is 0 Å². The number of rotatable bonds is 8. The van der Waals surface area contributed by atoms with Crippen LogP contribution in [-0.4, -0.2) is 38.2 Å². The maximum Gasteiger partial charge on any atom is 0.418 e. The second kappa shape index (κ2) is 10.0. The van der Waals surface area contributed by atoms with Gasteiger partial charge in [0.05, 0.1) is 21.8 Å². The van der Waals surface area contributed by atoms with Gasteiger partial charge in [-0.25, -0.2) is 19.9 Å². The number of nitrogens with one attached hydrogen (secondary N) is 2. The number of hydrogen-bond donors (Lipinski definition) is 2. The van der Waals surface area contributed by atoms with Gasteiger partial charge in [-0.1, -0.05) is 11.6 Å². The molecule has 0 saturated heterocycles.